The first-order valence-electron chi connectivity index (χ1n) is 4.86. The third kappa shape index (κ3) is 8.84. The minimum Gasteiger partial charge on any atom is -0.444 e. The van der Waals surface area contributed by atoms with Crippen LogP contribution >= 0.6 is 0 Å². The summed E-state index contributed by atoms with van der Waals surface area (Å²) in [6.07, 6.45) is -3.22. The molecule has 0 aliphatic rings. The molecule has 1 N–H and O–H groups in total. The molecule has 0 aliphatic heterocycles. The number of nitrogens with one attached hydrogen (secondary N) is 1. The van der Waals surface area contributed by atoms with Crippen LogP contribution in [0.2, 0.25) is 0 Å². The SMILES string of the molecule is CC(C)(C)OC(=O)NC(CS(C)(=O)=O)C(F)F. The van der Waals surface area contributed by atoms with Gasteiger partial charge in [0.2, 0.25) is 0 Å². The van der Waals surface area contributed by atoms with E-state index in [4.69, 9.17) is 4.74 Å². The Balaban J connectivity index is 4.52. The molecule has 0 aromatic carbocycles. The smallest absolute Gasteiger partial charge is 0.408 e. The summed E-state index contributed by atoms with van der Waals surface area (Å²) in [5.41, 5.74) is -0.832. The second-order valence-corrected chi connectivity index (χ2v) is 6.86. The van der Waals surface area contributed by atoms with Crippen molar-refractivity contribution in [2.75, 3.05) is 12.0 Å². The molecule has 1 amide bonds. The molecule has 0 fully saturated rings. The molecule has 102 valence electrons. The molecule has 0 aromatic heterocycles. The van der Waals surface area contributed by atoms with Crippen LogP contribution in [0.25, 0.3) is 0 Å². The number of carbonyl (C=O) groups excluding carboxylic acids is 1. The molecule has 0 aliphatic carbocycles. The molecular formula is C9H17F2NO4S. The second-order valence-electron chi connectivity index (χ2n) is 4.68. The Hall–Kier alpha value is -0.920. The number of alkyl halides is 2. The maximum atomic E-state index is 12.5. The number of carbonyl (C=O) groups is 1. The number of hydrogen-bond donors (Lipinski definition) is 1. The summed E-state index contributed by atoms with van der Waals surface area (Å²) in [5, 5.41) is 1.84. The molecule has 0 rings (SSSR count). The maximum absolute atomic E-state index is 12.5. The minimum atomic E-state index is -3.61. The third-order valence-corrected chi connectivity index (χ3v) is 2.45. The first kappa shape index (κ1) is 16.1. The Kier molecular flexibility index (Phi) is 5.31. The minimum absolute atomic E-state index is 0.819. The van der Waals surface area contributed by atoms with Gasteiger partial charge >= 0.3 is 6.09 Å². The van der Waals surface area contributed by atoms with E-state index in [0.29, 0.717) is 0 Å². The monoisotopic (exact) mass is 273 g/mol. The summed E-state index contributed by atoms with van der Waals surface area (Å²) in [7, 11) is -3.61. The van der Waals surface area contributed by atoms with Crippen LogP contribution in [-0.2, 0) is 14.6 Å². The third-order valence-electron chi connectivity index (χ3n) is 1.49. The zero-order valence-corrected chi connectivity index (χ0v) is 11.0. The number of rotatable bonds is 4. The number of amides is 1. The van der Waals surface area contributed by atoms with Crippen LogP contribution in [0.4, 0.5) is 13.6 Å². The summed E-state index contributed by atoms with van der Waals surface area (Å²) in [6, 6.07) is -1.76. The van der Waals surface area contributed by atoms with Gasteiger partial charge in [-0.1, -0.05) is 0 Å². The van der Waals surface area contributed by atoms with E-state index in [9.17, 15) is 22.0 Å². The molecule has 5 nitrogen and oxygen atoms in total. The van der Waals surface area contributed by atoms with Gasteiger partial charge in [0.05, 0.1) is 5.75 Å². The molecule has 0 spiro atoms. The fourth-order valence-corrected chi connectivity index (χ4v) is 1.84. The summed E-state index contributed by atoms with van der Waals surface area (Å²) in [4.78, 5) is 11.2. The van der Waals surface area contributed by atoms with Gasteiger partial charge in [-0.05, 0) is 20.8 Å². The highest BCUT2D eigenvalue weighted by atomic mass is 32.2. The van der Waals surface area contributed by atoms with Crippen molar-refractivity contribution < 1.29 is 26.7 Å². The van der Waals surface area contributed by atoms with Crippen LogP contribution in [0.15, 0.2) is 0 Å². The van der Waals surface area contributed by atoms with E-state index < -0.39 is 39.8 Å². The average molecular weight is 273 g/mol. The molecule has 0 radical (unpaired) electrons. The lowest BCUT2D eigenvalue weighted by Crippen LogP contribution is -2.46. The average Bonchev–Trinajstić information content (AvgIpc) is 1.95. The van der Waals surface area contributed by atoms with Crippen molar-refractivity contribution in [1.29, 1.82) is 0 Å². The molecule has 0 heterocycles. The summed E-state index contributed by atoms with van der Waals surface area (Å²) in [6.45, 7) is 4.71. The van der Waals surface area contributed by atoms with Gasteiger partial charge in [-0.15, -0.1) is 0 Å². The molecule has 1 atom stereocenters. The Morgan fingerprint density at radius 1 is 1.35 bits per heavy atom. The number of hydrogen-bond acceptors (Lipinski definition) is 4. The van der Waals surface area contributed by atoms with Crippen molar-refractivity contribution >= 4 is 15.9 Å². The Morgan fingerprint density at radius 3 is 2.12 bits per heavy atom. The second kappa shape index (κ2) is 5.61. The van der Waals surface area contributed by atoms with Gasteiger partial charge in [-0.2, -0.15) is 0 Å². The van der Waals surface area contributed by atoms with E-state index in [2.05, 4.69) is 0 Å². The van der Waals surface area contributed by atoms with E-state index in [1.807, 2.05) is 5.32 Å². The standard InChI is InChI=1S/C9H17F2NO4S/c1-9(2,3)16-8(13)12-6(7(10)11)5-17(4,14)15/h6-7H,5H2,1-4H3,(H,12,13). The summed E-state index contributed by atoms with van der Waals surface area (Å²) >= 11 is 0. The zero-order chi connectivity index (χ0) is 13.9. The maximum Gasteiger partial charge on any atom is 0.408 e. The van der Waals surface area contributed by atoms with Crippen LogP contribution in [0.5, 0.6) is 0 Å². The lowest BCUT2D eigenvalue weighted by molar-refractivity contribution is 0.0400. The first-order valence-corrected chi connectivity index (χ1v) is 6.92. The number of halogens is 2. The van der Waals surface area contributed by atoms with Gasteiger partial charge in [0.1, 0.15) is 21.5 Å². The Bertz CT molecular complexity index is 362. The topological polar surface area (TPSA) is 72.5 Å². The molecule has 0 saturated carbocycles. The van der Waals surface area contributed by atoms with Gasteiger partial charge in [-0.3, -0.25) is 0 Å². The van der Waals surface area contributed by atoms with E-state index in [0.717, 1.165) is 6.26 Å². The van der Waals surface area contributed by atoms with Crippen LogP contribution in [0, 0.1) is 0 Å². The van der Waals surface area contributed by atoms with Crippen molar-refractivity contribution in [3.05, 3.63) is 0 Å². The number of sulfone groups is 1. The molecule has 8 heteroatoms. The van der Waals surface area contributed by atoms with Gasteiger partial charge in [-0.25, -0.2) is 22.0 Å². The quantitative estimate of drug-likeness (QED) is 0.835. The number of alkyl carbamates (subject to hydrolysis) is 1. The molecular weight excluding hydrogens is 256 g/mol. The van der Waals surface area contributed by atoms with Crippen molar-refractivity contribution in [3.63, 3.8) is 0 Å². The lowest BCUT2D eigenvalue weighted by Gasteiger charge is -2.22. The first-order chi connectivity index (χ1) is 7.41. The van der Waals surface area contributed by atoms with Gasteiger partial charge < -0.3 is 10.1 Å². The van der Waals surface area contributed by atoms with Gasteiger partial charge in [0, 0.05) is 6.26 Å². The fraction of sp³-hybridized carbons (Fsp3) is 0.889. The highest BCUT2D eigenvalue weighted by molar-refractivity contribution is 7.90. The zero-order valence-electron chi connectivity index (χ0n) is 10.2. The van der Waals surface area contributed by atoms with Crippen LogP contribution in [-0.4, -0.2) is 44.6 Å². The van der Waals surface area contributed by atoms with Crippen LogP contribution in [0.3, 0.4) is 0 Å². The Labute approximate surface area is 99.4 Å². The molecule has 0 saturated heterocycles. The fourth-order valence-electron chi connectivity index (χ4n) is 0.962. The number of ether oxygens (including phenoxy) is 1. The normalized spacial score (nSPS) is 14.5. The van der Waals surface area contributed by atoms with Crippen LogP contribution in [0.1, 0.15) is 20.8 Å². The lowest BCUT2D eigenvalue weighted by atomic mass is 10.2. The molecule has 0 bridgehead atoms. The molecule has 0 aromatic rings. The van der Waals surface area contributed by atoms with Gasteiger partial charge in [0.15, 0.2) is 0 Å². The van der Waals surface area contributed by atoms with Crippen molar-refractivity contribution in [2.45, 2.75) is 38.8 Å². The van der Waals surface area contributed by atoms with Crippen molar-refractivity contribution in [3.8, 4) is 0 Å². The van der Waals surface area contributed by atoms with Gasteiger partial charge in [0.25, 0.3) is 6.43 Å². The predicted molar refractivity (Wildman–Crippen MR) is 58.9 cm³/mol. The van der Waals surface area contributed by atoms with E-state index >= 15 is 0 Å². The molecule has 17 heavy (non-hydrogen) atoms. The summed E-state index contributed by atoms with van der Waals surface area (Å²) in [5.74, 6) is -0.829. The Morgan fingerprint density at radius 2 is 1.82 bits per heavy atom. The largest absolute Gasteiger partial charge is 0.444 e. The summed E-state index contributed by atoms with van der Waals surface area (Å²) < 4.78 is 51.5. The predicted octanol–water partition coefficient (Wildman–Crippen LogP) is 1.19. The van der Waals surface area contributed by atoms with Crippen molar-refractivity contribution in [2.24, 2.45) is 0 Å². The van der Waals surface area contributed by atoms with E-state index in [1.54, 1.807) is 20.8 Å². The van der Waals surface area contributed by atoms with Crippen LogP contribution < -0.4 is 5.32 Å². The highest BCUT2D eigenvalue weighted by Crippen LogP contribution is 2.09. The molecule has 1 unspecified atom stereocenters. The highest BCUT2D eigenvalue weighted by Gasteiger charge is 2.28. The van der Waals surface area contributed by atoms with Crippen molar-refractivity contribution in [1.82, 2.24) is 5.32 Å². The van der Waals surface area contributed by atoms with E-state index in [1.165, 1.54) is 0 Å². The van der Waals surface area contributed by atoms with E-state index in [-0.39, 0.29) is 0 Å².